The summed E-state index contributed by atoms with van der Waals surface area (Å²) < 4.78 is 5.16. The fourth-order valence-corrected chi connectivity index (χ4v) is 2.80. The molecule has 106 valence electrons. The number of ether oxygens (including phenoxy) is 1. The highest BCUT2D eigenvalue weighted by Crippen LogP contribution is 2.24. The molecule has 4 nitrogen and oxygen atoms in total. The largest absolute Gasteiger partial charge is 0.495 e. The van der Waals surface area contributed by atoms with E-state index in [9.17, 15) is 0 Å². The van der Waals surface area contributed by atoms with Gasteiger partial charge in [0, 0.05) is 19.1 Å². The zero-order valence-corrected chi connectivity index (χ0v) is 12.2. The van der Waals surface area contributed by atoms with Gasteiger partial charge in [-0.15, -0.1) is 0 Å². The van der Waals surface area contributed by atoms with Gasteiger partial charge in [0.05, 0.1) is 13.3 Å². The Balaban J connectivity index is 1.99. The fourth-order valence-electron chi connectivity index (χ4n) is 2.80. The predicted molar refractivity (Wildman–Crippen MR) is 78.9 cm³/mol. The van der Waals surface area contributed by atoms with Gasteiger partial charge in [0.2, 0.25) is 0 Å². The number of methoxy groups -OCH3 is 1. The van der Waals surface area contributed by atoms with Crippen molar-refractivity contribution in [2.75, 3.05) is 31.6 Å². The molecule has 1 saturated heterocycles. The SMILES string of the molecule is CCNC(C)C1CCCN(c2ccc(OC)cn2)C1. The summed E-state index contributed by atoms with van der Waals surface area (Å²) in [4.78, 5) is 6.88. The summed E-state index contributed by atoms with van der Waals surface area (Å²) >= 11 is 0. The summed E-state index contributed by atoms with van der Waals surface area (Å²) in [6.07, 6.45) is 4.35. The van der Waals surface area contributed by atoms with Gasteiger partial charge < -0.3 is 15.0 Å². The third-order valence-corrected chi connectivity index (χ3v) is 3.97. The molecule has 0 aliphatic carbocycles. The smallest absolute Gasteiger partial charge is 0.137 e. The van der Waals surface area contributed by atoms with Crippen LogP contribution in [0.2, 0.25) is 0 Å². The molecule has 1 aliphatic rings. The molecule has 0 spiro atoms. The second-order valence-electron chi connectivity index (χ2n) is 5.25. The Kier molecular flexibility index (Phi) is 5.02. The van der Waals surface area contributed by atoms with E-state index < -0.39 is 0 Å². The number of aromatic nitrogens is 1. The summed E-state index contributed by atoms with van der Waals surface area (Å²) in [5, 5.41) is 3.54. The van der Waals surface area contributed by atoms with Gasteiger partial charge in [-0.05, 0) is 44.4 Å². The molecular weight excluding hydrogens is 238 g/mol. The van der Waals surface area contributed by atoms with Crippen molar-refractivity contribution in [2.24, 2.45) is 5.92 Å². The van der Waals surface area contributed by atoms with Crippen LogP contribution in [0.25, 0.3) is 0 Å². The van der Waals surface area contributed by atoms with Crippen LogP contribution in [0.1, 0.15) is 26.7 Å². The van der Waals surface area contributed by atoms with Crippen molar-refractivity contribution in [3.05, 3.63) is 18.3 Å². The topological polar surface area (TPSA) is 37.4 Å². The monoisotopic (exact) mass is 263 g/mol. The number of nitrogens with zero attached hydrogens (tertiary/aromatic N) is 2. The average molecular weight is 263 g/mol. The first-order valence-corrected chi connectivity index (χ1v) is 7.23. The minimum atomic E-state index is 0.575. The Hall–Kier alpha value is -1.29. The van der Waals surface area contributed by atoms with E-state index in [0.717, 1.165) is 31.2 Å². The first kappa shape index (κ1) is 14.1. The van der Waals surface area contributed by atoms with Crippen molar-refractivity contribution in [2.45, 2.75) is 32.7 Å². The molecule has 19 heavy (non-hydrogen) atoms. The van der Waals surface area contributed by atoms with Gasteiger partial charge in [-0.1, -0.05) is 6.92 Å². The Labute approximate surface area is 116 Å². The van der Waals surface area contributed by atoms with Crippen molar-refractivity contribution in [3.8, 4) is 5.75 Å². The Bertz CT molecular complexity index is 379. The lowest BCUT2D eigenvalue weighted by molar-refractivity contribution is 0.323. The molecule has 2 heterocycles. The molecule has 0 aromatic carbocycles. The van der Waals surface area contributed by atoms with Gasteiger partial charge in [-0.25, -0.2) is 4.98 Å². The Morgan fingerprint density at radius 2 is 2.37 bits per heavy atom. The van der Waals surface area contributed by atoms with Crippen LogP contribution in [0.15, 0.2) is 18.3 Å². The predicted octanol–water partition coefficient (Wildman–Crippen LogP) is 2.30. The number of pyridine rings is 1. The summed E-state index contributed by atoms with van der Waals surface area (Å²) in [7, 11) is 1.67. The minimum Gasteiger partial charge on any atom is -0.495 e. The molecule has 1 fully saturated rings. The quantitative estimate of drug-likeness (QED) is 0.884. The normalized spacial score (nSPS) is 21.2. The molecule has 2 unspecified atom stereocenters. The highest BCUT2D eigenvalue weighted by Gasteiger charge is 2.24. The average Bonchev–Trinajstić information content (AvgIpc) is 2.48. The van der Waals surface area contributed by atoms with Crippen LogP contribution in [-0.2, 0) is 0 Å². The van der Waals surface area contributed by atoms with Crippen LogP contribution < -0.4 is 15.0 Å². The van der Waals surface area contributed by atoms with Gasteiger partial charge in [0.15, 0.2) is 0 Å². The van der Waals surface area contributed by atoms with E-state index in [1.165, 1.54) is 12.8 Å². The van der Waals surface area contributed by atoms with Gasteiger partial charge in [-0.3, -0.25) is 0 Å². The molecule has 1 N–H and O–H groups in total. The fraction of sp³-hybridized carbons (Fsp3) is 0.667. The Morgan fingerprint density at radius 3 is 3.00 bits per heavy atom. The van der Waals surface area contributed by atoms with Crippen molar-refractivity contribution in [3.63, 3.8) is 0 Å². The molecule has 0 amide bonds. The molecule has 2 rings (SSSR count). The van der Waals surface area contributed by atoms with E-state index in [2.05, 4.69) is 35.1 Å². The van der Waals surface area contributed by atoms with Crippen LogP contribution in [0.4, 0.5) is 5.82 Å². The van der Waals surface area contributed by atoms with Crippen LogP contribution in [0.3, 0.4) is 0 Å². The second kappa shape index (κ2) is 6.75. The van der Waals surface area contributed by atoms with Crippen molar-refractivity contribution >= 4 is 5.82 Å². The number of nitrogens with one attached hydrogen (secondary N) is 1. The lowest BCUT2D eigenvalue weighted by Crippen LogP contribution is -2.44. The number of hydrogen-bond donors (Lipinski definition) is 1. The molecule has 0 saturated carbocycles. The molecular formula is C15H25N3O. The maximum atomic E-state index is 5.16. The summed E-state index contributed by atoms with van der Waals surface area (Å²) in [6, 6.07) is 4.62. The molecule has 1 aromatic heterocycles. The zero-order chi connectivity index (χ0) is 13.7. The number of anilines is 1. The maximum Gasteiger partial charge on any atom is 0.137 e. The van der Waals surface area contributed by atoms with Gasteiger partial charge in [0.25, 0.3) is 0 Å². The molecule has 0 radical (unpaired) electrons. The highest BCUT2D eigenvalue weighted by molar-refractivity contribution is 5.41. The third kappa shape index (κ3) is 3.60. The molecule has 0 bridgehead atoms. The lowest BCUT2D eigenvalue weighted by atomic mass is 9.91. The van der Waals surface area contributed by atoms with Crippen LogP contribution in [0, 0.1) is 5.92 Å². The van der Waals surface area contributed by atoms with E-state index in [1.54, 1.807) is 13.3 Å². The van der Waals surface area contributed by atoms with Gasteiger partial charge >= 0.3 is 0 Å². The minimum absolute atomic E-state index is 0.575. The van der Waals surface area contributed by atoms with Crippen molar-refractivity contribution < 1.29 is 4.74 Å². The summed E-state index contributed by atoms with van der Waals surface area (Å²) in [5.41, 5.74) is 0. The van der Waals surface area contributed by atoms with E-state index in [4.69, 9.17) is 4.74 Å². The standard InChI is InChI=1S/C15H25N3O/c1-4-16-12(2)13-6-5-9-18(11-13)15-8-7-14(19-3)10-17-15/h7-8,10,12-13,16H,4-6,9,11H2,1-3H3. The van der Waals surface area contributed by atoms with Gasteiger partial charge in [0.1, 0.15) is 11.6 Å². The van der Waals surface area contributed by atoms with Crippen LogP contribution >= 0.6 is 0 Å². The second-order valence-corrected chi connectivity index (χ2v) is 5.25. The Morgan fingerprint density at radius 1 is 1.53 bits per heavy atom. The number of rotatable bonds is 5. The van der Waals surface area contributed by atoms with E-state index in [0.29, 0.717) is 12.0 Å². The maximum absolute atomic E-state index is 5.16. The van der Waals surface area contributed by atoms with Crippen molar-refractivity contribution in [1.29, 1.82) is 0 Å². The van der Waals surface area contributed by atoms with Gasteiger partial charge in [-0.2, -0.15) is 0 Å². The van der Waals surface area contributed by atoms with E-state index in [1.807, 2.05) is 6.07 Å². The molecule has 2 atom stereocenters. The first-order valence-electron chi connectivity index (χ1n) is 7.23. The lowest BCUT2D eigenvalue weighted by Gasteiger charge is -2.36. The highest BCUT2D eigenvalue weighted by atomic mass is 16.5. The van der Waals surface area contributed by atoms with Crippen LogP contribution in [0.5, 0.6) is 5.75 Å². The molecule has 1 aliphatic heterocycles. The first-order chi connectivity index (χ1) is 9.24. The summed E-state index contributed by atoms with van der Waals surface area (Å²) in [6.45, 7) is 7.70. The van der Waals surface area contributed by atoms with Crippen LogP contribution in [-0.4, -0.2) is 37.8 Å². The van der Waals surface area contributed by atoms with Crippen molar-refractivity contribution in [1.82, 2.24) is 10.3 Å². The molecule has 1 aromatic rings. The third-order valence-electron chi connectivity index (χ3n) is 3.97. The summed E-state index contributed by atoms with van der Waals surface area (Å²) in [5.74, 6) is 2.59. The zero-order valence-electron chi connectivity index (χ0n) is 12.2. The number of hydrogen-bond acceptors (Lipinski definition) is 4. The van der Waals surface area contributed by atoms with E-state index >= 15 is 0 Å². The molecule has 4 heteroatoms. The number of piperidine rings is 1. The van der Waals surface area contributed by atoms with E-state index in [-0.39, 0.29) is 0 Å².